The number of halogens is 1. The van der Waals surface area contributed by atoms with Gasteiger partial charge in [-0.1, -0.05) is 6.07 Å². The lowest BCUT2D eigenvalue weighted by Crippen LogP contribution is -1.99. The van der Waals surface area contributed by atoms with Gasteiger partial charge >= 0.3 is 0 Å². The summed E-state index contributed by atoms with van der Waals surface area (Å²) in [6.45, 7) is 3.89. The van der Waals surface area contributed by atoms with Gasteiger partial charge in [0.2, 0.25) is 0 Å². The molecule has 0 radical (unpaired) electrons. The number of benzene rings is 1. The molecule has 0 aliphatic heterocycles. The van der Waals surface area contributed by atoms with E-state index in [9.17, 15) is 4.39 Å². The second-order valence-electron chi connectivity index (χ2n) is 4.58. The number of pyridine rings is 1. The Labute approximate surface area is 114 Å². The van der Waals surface area contributed by atoms with Gasteiger partial charge in [0.25, 0.3) is 0 Å². The van der Waals surface area contributed by atoms with E-state index in [4.69, 9.17) is 12.2 Å². The predicted octanol–water partition coefficient (Wildman–Crippen LogP) is 3.84. The molecule has 19 heavy (non-hydrogen) atoms. The van der Waals surface area contributed by atoms with Crippen molar-refractivity contribution in [2.24, 2.45) is 0 Å². The van der Waals surface area contributed by atoms with E-state index in [0.717, 1.165) is 16.6 Å². The summed E-state index contributed by atoms with van der Waals surface area (Å²) in [6.07, 6.45) is 1.77. The van der Waals surface area contributed by atoms with Gasteiger partial charge in [-0.2, -0.15) is 0 Å². The normalized spacial score (nSPS) is 11.1. The van der Waals surface area contributed by atoms with Crippen molar-refractivity contribution in [3.05, 3.63) is 52.2 Å². The van der Waals surface area contributed by atoms with Crippen LogP contribution in [0.4, 0.5) is 4.39 Å². The van der Waals surface area contributed by atoms with Crippen molar-refractivity contribution in [1.29, 1.82) is 0 Å². The quantitative estimate of drug-likeness (QED) is 0.683. The summed E-state index contributed by atoms with van der Waals surface area (Å²) in [6, 6.07) is 6.62. The molecule has 0 aliphatic rings. The third-order valence-electron chi connectivity index (χ3n) is 3.07. The lowest BCUT2D eigenvalue weighted by atomic mass is 10.2. The topological polar surface area (TPSA) is 33.6 Å². The molecule has 1 aromatic carbocycles. The number of aromatic amines is 1. The standard InChI is InChI=1S/C14H12FN3S/c1-8-5-11-13(16-7-8)18(14(19)17-11)12-6-10(15)4-3-9(12)2/h3-7H,1-2H3,(H,17,19). The molecule has 96 valence electrons. The van der Waals surface area contributed by atoms with Gasteiger partial charge in [0.15, 0.2) is 10.4 Å². The van der Waals surface area contributed by atoms with E-state index >= 15 is 0 Å². The molecule has 0 amide bonds. The monoisotopic (exact) mass is 273 g/mol. The van der Waals surface area contributed by atoms with Crippen molar-refractivity contribution < 1.29 is 4.39 Å². The summed E-state index contributed by atoms with van der Waals surface area (Å²) < 4.78 is 15.7. The van der Waals surface area contributed by atoms with Crippen LogP contribution in [0.1, 0.15) is 11.1 Å². The summed E-state index contributed by atoms with van der Waals surface area (Å²) in [5.74, 6) is -0.288. The summed E-state index contributed by atoms with van der Waals surface area (Å²) in [5, 5.41) is 0. The van der Waals surface area contributed by atoms with Gasteiger partial charge in [-0.25, -0.2) is 9.37 Å². The van der Waals surface area contributed by atoms with Crippen LogP contribution in [-0.4, -0.2) is 14.5 Å². The number of fused-ring (bicyclic) bond motifs is 1. The van der Waals surface area contributed by atoms with Gasteiger partial charge in [0.05, 0.1) is 11.2 Å². The fraction of sp³-hybridized carbons (Fsp3) is 0.143. The molecule has 0 aliphatic carbocycles. The minimum atomic E-state index is -0.288. The molecule has 1 N–H and O–H groups in total. The van der Waals surface area contributed by atoms with Crippen LogP contribution in [0.15, 0.2) is 30.5 Å². The number of hydrogen-bond acceptors (Lipinski definition) is 2. The molecule has 3 aromatic rings. The van der Waals surface area contributed by atoms with Crippen LogP contribution < -0.4 is 0 Å². The van der Waals surface area contributed by atoms with Crippen LogP contribution in [0.25, 0.3) is 16.9 Å². The molecule has 0 fully saturated rings. The predicted molar refractivity (Wildman–Crippen MR) is 75.7 cm³/mol. The van der Waals surface area contributed by atoms with E-state index in [1.165, 1.54) is 12.1 Å². The SMILES string of the molecule is Cc1cnc2c(c1)[nH]c(=S)n2-c1cc(F)ccc1C. The van der Waals surface area contributed by atoms with E-state index in [-0.39, 0.29) is 5.82 Å². The molecule has 0 bridgehead atoms. The Balaban J connectivity index is 2.39. The van der Waals surface area contributed by atoms with Gasteiger partial charge in [-0.15, -0.1) is 0 Å². The first-order valence-electron chi connectivity index (χ1n) is 5.90. The number of nitrogens with one attached hydrogen (secondary N) is 1. The second-order valence-corrected chi connectivity index (χ2v) is 4.97. The molecule has 0 saturated carbocycles. The third kappa shape index (κ3) is 1.96. The van der Waals surface area contributed by atoms with Crippen molar-refractivity contribution >= 4 is 23.4 Å². The van der Waals surface area contributed by atoms with Crippen LogP contribution in [-0.2, 0) is 0 Å². The smallest absolute Gasteiger partial charge is 0.184 e. The van der Waals surface area contributed by atoms with Gasteiger partial charge in [-0.3, -0.25) is 4.57 Å². The fourth-order valence-corrected chi connectivity index (χ4v) is 2.44. The minimum absolute atomic E-state index is 0.288. The summed E-state index contributed by atoms with van der Waals surface area (Å²) >= 11 is 5.33. The van der Waals surface area contributed by atoms with Crippen LogP contribution >= 0.6 is 12.2 Å². The maximum absolute atomic E-state index is 13.5. The average molecular weight is 273 g/mol. The number of imidazole rings is 1. The molecule has 0 saturated heterocycles. The van der Waals surface area contributed by atoms with Crippen molar-refractivity contribution in [2.45, 2.75) is 13.8 Å². The Morgan fingerprint density at radius 2 is 2.05 bits per heavy atom. The van der Waals surface area contributed by atoms with Gasteiger partial charge in [-0.05, 0) is 55.4 Å². The fourth-order valence-electron chi connectivity index (χ4n) is 2.15. The summed E-state index contributed by atoms with van der Waals surface area (Å²) in [7, 11) is 0. The largest absolute Gasteiger partial charge is 0.329 e. The van der Waals surface area contributed by atoms with Gasteiger partial charge < -0.3 is 4.98 Å². The zero-order valence-corrected chi connectivity index (χ0v) is 11.4. The maximum atomic E-state index is 13.5. The lowest BCUT2D eigenvalue weighted by molar-refractivity contribution is 0.626. The maximum Gasteiger partial charge on any atom is 0.184 e. The average Bonchev–Trinajstić information content (AvgIpc) is 2.67. The Morgan fingerprint density at radius 3 is 2.84 bits per heavy atom. The lowest BCUT2D eigenvalue weighted by Gasteiger charge is -2.07. The van der Waals surface area contributed by atoms with E-state index < -0.39 is 0 Å². The first kappa shape index (κ1) is 12.0. The van der Waals surface area contributed by atoms with Gasteiger partial charge in [0, 0.05) is 6.20 Å². The molecular formula is C14H12FN3S. The van der Waals surface area contributed by atoms with Crippen LogP contribution in [0.2, 0.25) is 0 Å². The highest BCUT2D eigenvalue weighted by Gasteiger charge is 2.10. The number of aryl methyl sites for hydroxylation is 2. The molecule has 3 nitrogen and oxygen atoms in total. The Morgan fingerprint density at radius 1 is 1.26 bits per heavy atom. The molecule has 2 heterocycles. The van der Waals surface area contributed by atoms with Crippen molar-refractivity contribution in [1.82, 2.24) is 14.5 Å². The van der Waals surface area contributed by atoms with Crippen molar-refractivity contribution in [2.75, 3.05) is 0 Å². The van der Waals surface area contributed by atoms with E-state index in [2.05, 4.69) is 9.97 Å². The Hall–Kier alpha value is -2.01. The van der Waals surface area contributed by atoms with Crippen LogP contribution in [0.3, 0.4) is 0 Å². The first-order valence-corrected chi connectivity index (χ1v) is 6.31. The summed E-state index contributed by atoms with van der Waals surface area (Å²) in [4.78, 5) is 7.50. The number of nitrogens with zero attached hydrogens (tertiary/aromatic N) is 2. The molecule has 2 aromatic heterocycles. The summed E-state index contributed by atoms with van der Waals surface area (Å²) in [5.41, 5.74) is 4.28. The third-order valence-corrected chi connectivity index (χ3v) is 3.36. The Bertz CT molecular complexity index is 832. The highest BCUT2D eigenvalue weighted by molar-refractivity contribution is 7.71. The number of H-pyrrole nitrogens is 1. The van der Waals surface area contributed by atoms with Crippen molar-refractivity contribution in [3.8, 4) is 5.69 Å². The van der Waals surface area contributed by atoms with E-state index in [1.54, 1.807) is 16.8 Å². The molecular weight excluding hydrogens is 261 g/mol. The molecule has 5 heteroatoms. The molecule has 0 spiro atoms. The molecule has 0 atom stereocenters. The molecule has 3 rings (SSSR count). The van der Waals surface area contributed by atoms with Gasteiger partial charge in [0.1, 0.15) is 5.82 Å². The first-order chi connectivity index (χ1) is 9.06. The number of hydrogen-bond donors (Lipinski definition) is 1. The number of aromatic nitrogens is 3. The van der Waals surface area contributed by atoms with Crippen LogP contribution in [0.5, 0.6) is 0 Å². The second kappa shape index (κ2) is 4.28. The van der Waals surface area contributed by atoms with Crippen LogP contribution in [0, 0.1) is 24.4 Å². The molecule has 0 unspecified atom stereocenters. The van der Waals surface area contributed by atoms with E-state index in [1.807, 2.05) is 19.9 Å². The van der Waals surface area contributed by atoms with E-state index in [0.29, 0.717) is 16.1 Å². The minimum Gasteiger partial charge on any atom is -0.329 e. The zero-order chi connectivity index (χ0) is 13.6. The van der Waals surface area contributed by atoms with Crippen molar-refractivity contribution in [3.63, 3.8) is 0 Å². The number of rotatable bonds is 1. The highest BCUT2D eigenvalue weighted by atomic mass is 32.1. The zero-order valence-electron chi connectivity index (χ0n) is 10.6. The highest BCUT2D eigenvalue weighted by Crippen LogP contribution is 2.22. The Kier molecular flexibility index (Phi) is 2.71.